The number of hydrogen-bond donors (Lipinski definition) is 1. The summed E-state index contributed by atoms with van der Waals surface area (Å²) in [5.74, 6) is -0.942. The summed E-state index contributed by atoms with van der Waals surface area (Å²) in [6, 6.07) is 6.68. The second-order valence-corrected chi connectivity index (χ2v) is 11.5. The van der Waals surface area contributed by atoms with Gasteiger partial charge in [0.25, 0.3) is 5.91 Å². The van der Waals surface area contributed by atoms with Crippen LogP contribution >= 0.6 is 11.3 Å². The molecule has 31 heavy (non-hydrogen) atoms. The van der Waals surface area contributed by atoms with E-state index in [1.165, 1.54) is 33.8 Å². The van der Waals surface area contributed by atoms with Crippen molar-refractivity contribution in [1.82, 2.24) is 9.21 Å². The molecule has 3 rings (SSSR count). The van der Waals surface area contributed by atoms with Crippen molar-refractivity contribution in [2.75, 3.05) is 31.5 Å². The van der Waals surface area contributed by atoms with Crippen LogP contribution in [0.5, 0.6) is 0 Å². The molecule has 168 valence electrons. The Labute approximate surface area is 185 Å². The molecule has 1 aromatic carbocycles. The van der Waals surface area contributed by atoms with Crippen LogP contribution < -0.4 is 5.32 Å². The normalized spacial score (nSPS) is 15.7. The van der Waals surface area contributed by atoms with Gasteiger partial charge in [0.2, 0.25) is 15.9 Å². The first-order valence-corrected chi connectivity index (χ1v) is 12.1. The number of nitrogens with zero attached hydrogens (tertiary/aromatic N) is 2. The quantitative estimate of drug-likeness (QED) is 0.747. The van der Waals surface area contributed by atoms with E-state index >= 15 is 0 Å². The number of thiophene rings is 1. The molecule has 2 heterocycles. The minimum atomic E-state index is -3.82. The molecule has 0 spiro atoms. The number of amides is 2. The van der Waals surface area contributed by atoms with Gasteiger partial charge in [-0.05, 0) is 36.8 Å². The van der Waals surface area contributed by atoms with E-state index in [9.17, 15) is 22.4 Å². The molecule has 1 aromatic heterocycles. The average molecular weight is 468 g/mol. The lowest BCUT2D eigenvalue weighted by Gasteiger charge is -2.34. The lowest BCUT2D eigenvalue weighted by atomic mass is 9.96. The number of aryl methyl sites for hydroxylation is 1. The van der Waals surface area contributed by atoms with Crippen molar-refractivity contribution in [3.8, 4) is 0 Å². The van der Waals surface area contributed by atoms with Crippen LogP contribution in [-0.2, 0) is 14.8 Å². The first-order valence-electron chi connectivity index (χ1n) is 9.86. The topological polar surface area (TPSA) is 86.8 Å². The Hall–Kier alpha value is -2.30. The molecular formula is C21H26FN3O4S2. The summed E-state index contributed by atoms with van der Waals surface area (Å²) in [7, 11) is -3.82. The SMILES string of the molecule is Cc1cc(NC(=O)C(C)(C)C)sc1C(=O)N1CCN(S(=O)(=O)c2cccc(F)c2)CC1. The molecule has 2 aromatic rings. The summed E-state index contributed by atoms with van der Waals surface area (Å²) in [6.45, 7) is 7.96. The number of benzene rings is 1. The fourth-order valence-electron chi connectivity index (χ4n) is 3.11. The number of carbonyl (C=O) groups is 2. The van der Waals surface area contributed by atoms with Gasteiger partial charge >= 0.3 is 0 Å². The number of anilines is 1. The maximum atomic E-state index is 13.4. The predicted molar refractivity (Wildman–Crippen MR) is 118 cm³/mol. The molecule has 0 unspecified atom stereocenters. The van der Waals surface area contributed by atoms with Crippen molar-refractivity contribution < 1.29 is 22.4 Å². The van der Waals surface area contributed by atoms with E-state index in [0.717, 1.165) is 11.6 Å². The minimum absolute atomic E-state index is 0.0967. The summed E-state index contributed by atoms with van der Waals surface area (Å²) in [5.41, 5.74) is 0.208. The molecule has 0 radical (unpaired) electrons. The van der Waals surface area contributed by atoms with Crippen LogP contribution in [0.25, 0.3) is 0 Å². The fourth-order valence-corrected chi connectivity index (χ4v) is 5.60. The predicted octanol–water partition coefficient (Wildman–Crippen LogP) is 3.33. The van der Waals surface area contributed by atoms with Gasteiger partial charge in [-0.1, -0.05) is 26.8 Å². The number of rotatable bonds is 4. The van der Waals surface area contributed by atoms with Crippen molar-refractivity contribution in [1.29, 1.82) is 0 Å². The van der Waals surface area contributed by atoms with Crippen molar-refractivity contribution in [2.45, 2.75) is 32.6 Å². The van der Waals surface area contributed by atoms with Crippen LogP contribution in [0.3, 0.4) is 0 Å². The van der Waals surface area contributed by atoms with Gasteiger partial charge < -0.3 is 10.2 Å². The maximum absolute atomic E-state index is 13.4. The standard InChI is InChI=1S/C21H26FN3O4S2/c1-14-12-17(23-20(27)21(2,3)4)30-18(14)19(26)24-8-10-25(11-9-24)31(28,29)16-7-5-6-15(22)13-16/h5-7,12-13H,8-11H2,1-4H3,(H,23,27). The molecule has 0 aliphatic carbocycles. The van der Waals surface area contributed by atoms with Gasteiger partial charge in [0.05, 0.1) is 14.8 Å². The molecule has 1 aliphatic heterocycles. The highest BCUT2D eigenvalue weighted by atomic mass is 32.2. The Kier molecular flexibility index (Phi) is 6.54. The zero-order chi connectivity index (χ0) is 23.0. The molecule has 0 saturated carbocycles. The lowest BCUT2D eigenvalue weighted by molar-refractivity contribution is -0.123. The van der Waals surface area contributed by atoms with Gasteiger partial charge in [-0.15, -0.1) is 11.3 Å². The van der Waals surface area contributed by atoms with Crippen molar-refractivity contribution in [3.63, 3.8) is 0 Å². The highest BCUT2D eigenvalue weighted by Gasteiger charge is 2.32. The molecule has 2 amide bonds. The van der Waals surface area contributed by atoms with E-state index in [0.29, 0.717) is 9.88 Å². The second-order valence-electron chi connectivity index (χ2n) is 8.48. The smallest absolute Gasteiger partial charge is 0.264 e. The van der Waals surface area contributed by atoms with Crippen molar-refractivity contribution in [2.24, 2.45) is 5.41 Å². The Morgan fingerprint density at radius 1 is 1.10 bits per heavy atom. The highest BCUT2D eigenvalue weighted by molar-refractivity contribution is 7.89. The molecule has 7 nitrogen and oxygen atoms in total. The molecular weight excluding hydrogens is 441 g/mol. The van der Waals surface area contributed by atoms with E-state index in [1.807, 2.05) is 20.8 Å². The van der Waals surface area contributed by atoms with E-state index in [1.54, 1.807) is 17.9 Å². The van der Waals surface area contributed by atoms with Crippen LogP contribution in [0.4, 0.5) is 9.39 Å². The van der Waals surface area contributed by atoms with Gasteiger partial charge in [0.1, 0.15) is 5.82 Å². The number of halogens is 1. The first kappa shape index (κ1) is 23.4. The molecule has 1 saturated heterocycles. The lowest BCUT2D eigenvalue weighted by Crippen LogP contribution is -2.50. The average Bonchev–Trinajstić information content (AvgIpc) is 3.06. The molecule has 10 heteroatoms. The third-order valence-corrected chi connectivity index (χ3v) is 8.02. The van der Waals surface area contributed by atoms with Crippen LogP contribution in [0.15, 0.2) is 35.2 Å². The third kappa shape index (κ3) is 5.13. The fraction of sp³-hybridized carbons (Fsp3) is 0.429. The number of piperazine rings is 1. The molecule has 1 aliphatic rings. The Balaban J connectivity index is 1.67. The maximum Gasteiger partial charge on any atom is 0.264 e. The number of sulfonamides is 1. The number of carbonyl (C=O) groups excluding carboxylic acids is 2. The number of nitrogens with one attached hydrogen (secondary N) is 1. The van der Waals surface area contributed by atoms with Gasteiger partial charge in [0, 0.05) is 31.6 Å². The molecule has 0 bridgehead atoms. The van der Waals surface area contributed by atoms with Gasteiger partial charge in [0.15, 0.2) is 0 Å². The highest BCUT2D eigenvalue weighted by Crippen LogP contribution is 2.30. The summed E-state index contributed by atoms with van der Waals surface area (Å²) in [6.07, 6.45) is 0. The zero-order valence-corrected chi connectivity index (χ0v) is 19.6. The Bertz CT molecular complexity index is 1100. The first-order chi connectivity index (χ1) is 14.4. The van der Waals surface area contributed by atoms with Gasteiger partial charge in [-0.3, -0.25) is 9.59 Å². The molecule has 1 N–H and O–H groups in total. The summed E-state index contributed by atoms with van der Waals surface area (Å²) < 4.78 is 40.2. The van der Waals surface area contributed by atoms with E-state index in [4.69, 9.17) is 0 Å². The van der Waals surface area contributed by atoms with Crippen molar-refractivity contribution in [3.05, 3.63) is 46.6 Å². The number of hydrogen-bond acceptors (Lipinski definition) is 5. The third-order valence-electron chi connectivity index (χ3n) is 4.99. The van der Waals surface area contributed by atoms with Gasteiger partial charge in [-0.25, -0.2) is 12.8 Å². The molecule has 1 fully saturated rings. The second kappa shape index (κ2) is 8.68. The largest absolute Gasteiger partial charge is 0.335 e. The van der Waals surface area contributed by atoms with Gasteiger partial charge in [-0.2, -0.15) is 4.31 Å². The van der Waals surface area contributed by atoms with E-state index in [2.05, 4.69) is 5.32 Å². The van der Waals surface area contributed by atoms with E-state index in [-0.39, 0.29) is 42.9 Å². The minimum Gasteiger partial charge on any atom is -0.335 e. The van der Waals surface area contributed by atoms with Crippen LogP contribution in [-0.4, -0.2) is 55.6 Å². The van der Waals surface area contributed by atoms with Crippen LogP contribution in [0.2, 0.25) is 0 Å². The zero-order valence-electron chi connectivity index (χ0n) is 17.9. The summed E-state index contributed by atoms with van der Waals surface area (Å²) in [4.78, 5) is 27.2. The van der Waals surface area contributed by atoms with Crippen LogP contribution in [0.1, 0.15) is 36.0 Å². The Morgan fingerprint density at radius 3 is 2.32 bits per heavy atom. The Morgan fingerprint density at radius 2 is 1.74 bits per heavy atom. The summed E-state index contributed by atoms with van der Waals surface area (Å²) in [5, 5.41) is 3.45. The van der Waals surface area contributed by atoms with E-state index < -0.39 is 21.3 Å². The monoisotopic (exact) mass is 467 g/mol. The van der Waals surface area contributed by atoms with Crippen LogP contribution in [0, 0.1) is 18.2 Å². The summed E-state index contributed by atoms with van der Waals surface area (Å²) >= 11 is 1.21. The molecule has 0 atom stereocenters. The van der Waals surface area contributed by atoms with Crippen molar-refractivity contribution >= 4 is 38.2 Å².